The van der Waals surface area contributed by atoms with Crippen molar-refractivity contribution in [1.82, 2.24) is 9.80 Å². The lowest BCUT2D eigenvalue weighted by Crippen LogP contribution is -2.47. The Kier molecular flexibility index (Phi) is 10.6. The summed E-state index contributed by atoms with van der Waals surface area (Å²) in [5.74, 6) is 1.79. The quantitative estimate of drug-likeness (QED) is 0.253. The second kappa shape index (κ2) is 13.9. The number of hydrogen-bond acceptors (Lipinski definition) is 5. The van der Waals surface area contributed by atoms with Crippen molar-refractivity contribution >= 4 is 5.91 Å². The standard InChI is InChI=1S/C34H52N2O4/c1-7-13-26(14-8-2)19-25(3)22-36(24-29-17-12-18-35(29)23-27-15-10-9-11-16-27)33(37)28-20-30(38-6)32-31(21-28)39-34(4,5)40-32/h7,13-14,19,21,27-29H,8-12,15-18,20,22-24H2,1-6H3/b13-7-,25-19+,26-14+/t28?,29-/m0/s1. The van der Waals surface area contributed by atoms with Gasteiger partial charge < -0.3 is 19.1 Å². The number of likely N-dealkylation sites (tertiary alicyclic amines) is 1. The molecule has 0 spiro atoms. The molecule has 1 unspecified atom stereocenters. The fourth-order valence-electron chi connectivity index (χ4n) is 6.80. The second-order valence-corrected chi connectivity index (χ2v) is 12.5. The van der Waals surface area contributed by atoms with Crippen LogP contribution in [0, 0.1) is 11.8 Å². The highest BCUT2D eigenvalue weighted by Gasteiger charge is 2.42. The molecular weight excluding hydrogens is 500 g/mol. The van der Waals surface area contributed by atoms with E-state index in [1.807, 2.05) is 26.8 Å². The second-order valence-electron chi connectivity index (χ2n) is 12.5. The van der Waals surface area contributed by atoms with Crippen LogP contribution in [0.15, 0.2) is 58.8 Å². The first-order chi connectivity index (χ1) is 19.2. The van der Waals surface area contributed by atoms with Gasteiger partial charge in [0.2, 0.25) is 17.5 Å². The highest BCUT2D eigenvalue weighted by molar-refractivity contribution is 5.82. The van der Waals surface area contributed by atoms with Gasteiger partial charge in [-0.25, -0.2) is 0 Å². The predicted molar refractivity (Wildman–Crippen MR) is 161 cm³/mol. The molecule has 6 heteroatoms. The molecule has 1 amide bonds. The molecule has 2 atom stereocenters. The summed E-state index contributed by atoms with van der Waals surface area (Å²) < 4.78 is 17.8. The maximum Gasteiger partial charge on any atom is 0.246 e. The molecule has 2 aliphatic carbocycles. The summed E-state index contributed by atoms with van der Waals surface area (Å²) in [4.78, 5) is 19.1. The predicted octanol–water partition coefficient (Wildman–Crippen LogP) is 7.26. The Bertz CT molecular complexity index is 1040. The Morgan fingerprint density at radius 2 is 1.95 bits per heavy atom. The fraction of sp³-hybridized carbons (Fsp3) is 0.676. The number of carbonyl (C=O) groups excluding carboxylic acids is 1. The molecule has 2 heterocycles. The third kappa shape index (κ3) is 7.84. The van der Waals surface area contributed by atoms with Gasteiger partial charge in [-0.15, -0.1) is 0 Å². The number of allylic oxidation sites excluding steroid dienone is 6. The number of methoxy groups -OCH3 is 1. The number of amides is 1. The third-order valence-corrected chi connectivity index (χ3v) is 8.61. The van der Waals surface area contributed by atoms with Gasteiger partial charge in [0, 0.05) is 45.9 Å². The first-order valence-corrected chi connectivity index (χ1v) is 15.6. The molecule has 6 nitrogen and oxygen atoms in total. The van der Waals surface area contributed by atoms with Crippen LogP contribution in [0.4, 0.5) is 0 Å². The largest absolute Gasteiger partial charge is 0.497 e. The Morgan fingerprint density at radius 3 is 2.65 bits per heavy atom. The zero-order chi connectivity index (χ0) is 28.7. The van der Waals surface area contributed by atoms with Gasteiger partial charge in [0.25, 0.3) is 0 Å². The molecule has 40 heavy (non-hydrogen) atoms. The number of rotatable bonds is 11. The van der Waals surface area contributed by atoms with Crippen LogP contribution < -0.4 is 0 Å². The summed E-state index contributed by atoms with van der Waals surface area (Å²) in [5, 5.41) is 0. The lowest BCUT2D eigenvalue weighted by atomic mass is 9.89. The van der Waals surface area contributed by atoms with Crippen LogP contribution >= 0.6 is 0 Å². The van der Waals surface area contributed by atoms with Crippen LogP contribution in [-0.2, 0) is 19.0 Å². The minimum Gasteiger partial charge on any atom is -0.497 e. The number of ether oxygens (including phenoxy) is 3. The van der Waals surface area contributed by atoms with E-state index in [2.05, 4.69) is 48.0 Å². The van der Waals surface area contributed by atoms with Crippen molar-refractivity contribution in [3.8, 4) is 0 Å². The van der Waals surface area contributed by atoms with Gasteiger partial charge in [0.15, 0.2) is 5.76 Å². The first-order valence-electron chi connectivity index (χ1n) is 15.6. The summed E-state index contributed by atoms with van der Waals surface area (Å²) in [6.45, 7) is 13.8. The Balaban J connectivity index is 1.56. The number of fused-ring (bicyclic) bond motifs is 1. The minimum atomic E-state index is -0.764. The van der Waals surface area contributed by atoms with E-state index in [1.165, 1.54) is 56.2 Å². The maximum absolute atomic E-state index is 14.3. The molecule has 4 rings (SSSR count). The lowest BCUT2D eigenvalue weighted by Gasteiger charge is -2.35. The van der Waals surface area contributed by atoms with Crippen LogP contribution in [0.3, 0.4) is 0 Å². The summed E-state index contributed by atoms with van der Waals surface area (Å²) in [6.07, 6.45) is 21.3. The summed E-state index contributed by atoms with van der Waals surface area (Å²) in [6, 6.07) is 0.411. The fourth-order valence-corrected chi connectivity index (χ4v) is 6.80. The molecule has 0 aromatic heterocycles. The van der Waals surface area contributed by atoms with Crippen molar-refractivity contribution in [1.29, 1.82) is 0 Å². The van der Waals surface area contributed by atoms with Crippen molar-refractivity contribution in [2.75, 3.05) is 33.3 Å². The van der Waals surface area contributed by atoms with Gasteiger partial charge in [-0.1, -0.05) is 56.1 Å². The molecule has 0 bridgehead atoms. The molecule has 3 fully saturated rings. The average molecular weight is 553 g/mol. The third-order valence-electron chi connectivity index (χ3n) is 8.61. The van der Waals surface area contributed by atoms with Crippen molar-refractivity contribution < 1.29 is 19.0 Å². The number of nitrogens with zero attached hydrogens (tertiary/aromatic N) is 2. The summed E-state index contributed by atoms with van der Waals surface area (Å²) >= 11 is 0. The van der Waals surface area contributed by atoms with Gasteiger partial charge in [0.05, 0.1) is 13.0 Å². The molecule has 2 aliphatic heterocycles. The topological polar surface area (TPSA) is 51.2 Å². The smallest absolute Gasteiger partial charge is 0.246 e. The lowest BCUT2D eigenvalue weighted by molar-refractivity contribution is -0.134. The zero-order valence-electron chi connectivity index (χ0n) is 25.8. The molecular formula is C34H52N2O4. The highest BCUT2D eigenvalue weighted by Crippen LogP contribution is 2.42. The molecule has 0 N–H and O–H groups in total. The maximum atomic E-state index is 14.3. The van der Waals surface area contributed by atoms with Gasteiger partial charge in [-0.3, -0.25) is 9.69 Å². The molecule has 1 saturated carbocycles. The SMILES string of the molecule is C\C=C/C(=C\CC)/C=C(\C)CN(C[C@@H]1CCCN1CC1CCCCC1)C(=O)C1C=C2OC(C)(C)OC2=C(OC)C1. The van der Waals surface area contributed by atoms with E-state index in [9.17, 15) is 4.79 Å². The van der Waals surface area contributed by atoms with E-state index in [0.717, 1.165) is 31.8 Å². The van der Waals surface area contributed by atoms with Crippen LogP contribution in [-0.4, -0.2) is 60.8 Å². The van der Waals surface area contributed by atoms with Gasteiger partial charge in [0.1, 0.15) is 5.76 Å². The number of hydrogen-bond donors (Lipinski definition) is 0. The van der Waals surface area contributed by atoms with Crippen LogP contribution in [0.25, 0.3) is 0 Å². The van der Waals surface area contributed by atoms with Gasteiger partial charge in [-0.2, -0.15) is 0 Å². The molecule has 4 aliphatic rings. The van der Waals surface area contributed by atoms with Crippen molar-refractivity contribution in [3.05, 3.63) is 58.8 Å². The van der Waals surface area contributed by atoms with Gasteiger partial charge >= 0.3 is 0 Å². The normalized spacial score (nSPS) is 26.0. The number of carbonyl (C=O) groups is 1. The molecule has 0 aromatic carbocycles. The van der Waals surface area contributed by atoms with E-state index < -0.39 is 5.79 Å². The van der Waals surface area contributed by atoms with Crippen LogP contribution in [0.1, 0.15) is 92.4 Å². The summed E-state index contributed by atoms with van der Waals surface area (Å²) in [7, 11) is 1.65. The monoisotopic (exact) mass is 552 g/mol. The minimum absolute atomic E-state index is 0.138. The molecule has 222 valence electrons. The Labute approximate surface area is 242 Å². The highest BCUT2D eigenvalue weighted by atomic mass is 16.7. The Hall–Kier alpha value is -2.47. The molecule has 2 saturated heterocycles. The summed E-state index contributed by atoms with van der Waals surface area (Å²) in [5.41, 5.74) is 2.39. The van der Waals surface area contributed by atoms with Crippen LogP contribution in [0.2, 0.25) is 0 Å². The first kappa shape index (κ1) is 30.5. The van der Waals surface area contributed by atoms with Crippen molar-refractivity contribution in [3.63, 3.8) is 0 Å². The van der Waals surface area contributed by atoms with E-state index in [1.54, 1.807) is 7.11 Å². The van der Waals surface area contributed by atoms with E-state index >= 15 is 0 Å². The van der Waals surface area contributed by atoms with Crippen LogP contribution in [0.5, 0.6) is 0 Å². The van der Waals surface area contributed by atoms with Crippen molar-refractivity contribution in [2.45, 2.75) is 104 Å². The van der Waals surface area contributed by atoms with E-state index in [4.69, 9.17) is 14.2 Å². The molecule has 0 radical (unpaired) electrons. The van der Waals surface area contributed by atoms with E-state index in [0.29, 0.717) is 36.3 Å². The van der Waals surface area contributed by atoms with Gasteiger partial charge in [-0.05, 0) is 70.1 Å². The average Bonchev–Trinajstić information content (AvgIpc) is 3.49. The van der Waals surface area contributed by atoms with E-state index in [-0.39, 0.29) is 11.8 Å². The molecule has 0 aromatic rings. The zero-order valence-corrected chi connectivity index (χ0v) is 25.8. The van der Waals surface area contributed by atoms with Crippen molar-refractivity contribution in [2.24, 2.45) is 11.8 Å². The Morgan fingerprint density at radius 1 is 1.18 bits per heavy atom.